The van der Waals surface area contributed by atoms with Crippen molar-refractivity contribution in [2.75, 3.05) is 43.9 Å². The van der Waals surface area contributed by atoms with Crippen molar-refractivity contribution in [1.82, 2.24) is 4.90 Å². The molecule has 2 rings (SSSR count). The molecule has 19 heavy (non-hydrogen) atoms. The highest BCUT2D eigenvalue weighted by molar-refractivity contribution is 5.93. The number of nitrogen functional groups attached to an aromatic ring is 1. The summed E-state index contributed by atoms with van der Waals surface area (Å²) in [5.74, 6) is -0.582. The number of carbonyl (C=O) groups is 1. The first-order valence-corrected chi connectivity index (χ1v) is 6.30. The third kappa shape index (κ3) is 4.18. The van der Waals surface area contributed by atoms with Gasteiger partial charge in [0.1, 0.15) is 5.82 Å². The van der Waals surface area contributed by atoms with E-state index in [4.69, 9.17) is 10.5 Å². The van der Waals surface area contributed by atoms with Gasteiger partial charge in [0.05, 0.1) is 24.6 Å². The van der Waals surface area contributed by atoms with Crippen molar-refractivity contribution in [2.45, 2.75) is 6.42 Å². The number of hydrogen-bond acceptors (Lipinski definition) is 4. The molecule has 1 aromatic rings. The fraction of sp³-hybridized carbons (Fsp3) is 0.462. The fourth-order valence-electron chi connectivity index (χ4n) is 1.93. The molecule has 0 aromatic heterocycles. The lowest BCUT2D eigenvalue weighted by atomic mass is 10.2. The number of halogens is 1. The van der Waals surface area contributed by atoms with E-state index in [1.807, 2.05) is 0 Å². The molecule has 1 fully saturated rings. The van der Waals surface area contributed by atoms with Gasteiger partial charge in [0, 0.05) is 26.1 Å². The Morgan fingerprint density at radius 2 is 2.16 bits per heavy atom. The maximum atomic E-state index is 13.0. The number of amides is 1. The summed E-state index contributed by atoms with van der Waals surface area (Å²) in [5, 5.41) is 2.63. The number of carbonyl (C=O) groups excluding carboxylic acids is 1. The maximum absolute atomic E-state index is 13.0. The molecular formula is C13H18FN3O2. The van der Waals surface area contributed by atoms with Crippen molar-refractivity contribution in [1.29, 1.82) is 0 Å². The number of nitrogens with zero attached hydrogens (tertiary/aromatic N) is 1. The van der Waals surface area contributed by atoms with E-state index in [9.17, 15) is 9.18 Å². The summed E-state index contributed by atoms with van der Waals surface area (Å²) in [6.07, 6.45) is 0.357. The molecule has 1 aromatic carbocycles. The van der Waals surface area contributed by atoms with E-state index >= 15 is 0 Å². The summed E-state index contributed by atoms with van der Waals surface area (Å²) >= 11 is 0. The Hall–Kier alpha value is -1.66. The van der Waals surface area contributed by atoms with Crippen LogP contribution < -0.4 is 11.1 Å². The first-order valence-electron chi connectivity index (χ1n) is 6.30. The van der Waals surface area contributed by atoms with Crippen LogP contribution >= 0.6 is 0 Å². The van der Waals surface area contributed by atoms with Crippen LogP contribution in [0.15, 0.2) is 18.2 Å². The zero-order chi connectivity index (χ0) is 13.7. The number of anilines is 2. The Labute approximate surface area is 111 Å². The van der Waals surface area contributed by atoms with E-state index in [1.54, 1.807) is 0 Å². The lowest BCUT2D eigenvalue weighted by molar-refractivity contribution is -0.116. The maximum Gasteiger partial charge on any atom is 0.225 e. The fourth-order valence-corrected chi connectivity index (χ4v) is 1.93. The SMILES string of the molecule is Nc1ccc(F)cc1NC(=O)CCN1CCOCC1. The molecule has 0 aliphatic carbocycles. The Bertz CT molecular complexity index is 448. The Balaban J connectivity index is 1.81. The largest absolute Gasteiger partial charge is 0.397 e. The number of nitrogens with two attached hydrogens (primary N) is 1. The van der Waals surface area contributed by atoms with Gasteiger partial charge in [0.25, 0.3) is 0 Å². The van der Waals surface area contributed by atoms with Gasteiger partial charge in [0.15, 0.2) is 0 Å². The number of ether oxygens (including phenoxy) is 1. The molecule has 1 aliphatic rings. The first-order chi connectivity index (χ1) is 9.15. The molecule has 0 unspecified atom stereocenters. The van der Waals surface area contributed by atoms with Crippen LogP contribution in [0.1, 0.15) is 6.42 Å². The van der Waals surface area contributed by atoms with Gasteiger partial charge < -0.3 is 15.8 Å². The second kappa shape index (κ2) is 6.49. The minimum atomic E-state index is -0.419. The molecule has 0 spiro atoms. The van der Waals surface area contributed by atoms with E-state index < -0.39 is 5.82 Å². The summed E-state index contributed by atoms with van der Waals surface area (Å²) in [7, 11) is 0. The second-order valence-corrected chi connectivity index (χ2v) is 4.48. The Morgan fingerprint density at radius 1 is 1.42 bits per heavy atom. The summed E-state index contributed by atoms with van der Waals surface area (Å²) in [4.78, 5) is 13.9. The van der Waals surface area contributed by atoms with E-state index in [2.05, 4.69) is 10.2 Å². The van der Waals surface area contributed by atoms with Crippen molar-refractivity contribution in [3.8, 4) is 0 Å². The Morgan fingerprint density at radius 3 is 2.89 bits per heavy atom. The molecule has 0 radical (unpaired) electrons. The van der Waals surface area contributed by atoms with Gasteiger partial charge in [-0.2, -0.15) is 0 Å². The number of rotatable bonds is 4. The zero-order valence-corrected chi connectivity index (χ0v) is 10.7. The molecule has 0 saturated carbocycles. The highest BCUT2D eigenvalue weighted by atomic mass is 19.1. The lowest BCUT2D eigenvalue weighted by Crippen LogP contribution is -2.38. The monoisotopic (exact) mass is 267 g/mol. The molecule has 1 saturated heterocycles. The molecule has 3 N–H and O–H groups in total. The molecule has 1 aliphatic heterocycles. The zero-order valence-electron chi connectivity index (χ0n) is 10.7. The van der Waals surface area contributed by atoms with Crippen molar-refractivity contribution < 1.29 is 13.9 Å². The smallest absolute Gasteiger partial charge is 0.225 e. The van der Waals surface area contributed by atoms with Gasteiger partial charge in [-0.3, -0.25) is 9.69 Å². The summed E-state index contributed by atoms with van der Waals surface area (Å²) < 4.78 is 18.3. The number of nitrogens with one attached hydrogen (secondary N) is 1. The van der Waals surface area contributed by atoms with E-state index in [0.29, 0.717) is 37.6 Å². The van der Waals surface area contributed by atoms with E-state index in [-0.39, 0.29) is 5.91 Å². The topological polar surface area (TPSA) is 67.6 Å². The van der Waals surface area contributed by atoms with Crippen LogP contribution in [0.4, 0.5) is 15.8 Å². The van der Waals surface area contributed by atoms with Crippen LogP contribution in [-0.2, 0) is 9.53 Å². The Kier molecular flexibility index (Phi) is 4.70. The summed E-state index contributed by atoms with van der Waals surface area (Å²) in [5.41, 5.74) is 6.36. The minimum Gasteiger partial charge on any atom is -0.397 e. The normalized spacial score (nSPS) is 16.3. The van der Waals surface area contributed by atoms with E-state index in [0.717, 1.165) is 13.1 Å². The molecule has 1 heterocycles. The molecule has 0 atom stereocenters. The molecular weight excluding hydrogens is 249 g/mol. The third-order valence-electron chi connectivity index (χ3n) is 3.05. The number of morpholine rings is 1. The highest BCUT2D eigenvalue weighted by Crippen LogP contribution is 2.19. The summed E-state index contributed by atoms with van der Waals surface area (Å²) in [6.45, 7) is 3.77. The van der Waals surface area contributed by atoms with Crippen LogP contribution in [-0.4, -0.2) is 43.7 Å². The standard InChI is InChI=1S/C13H18FN3O2/c14-10-1-2-11(15)12(9-10)16-13(18)3-4-17-5-7-19-8-6-17/h1-2,9H,3-8,15H2,(H,16,18). The number of hydrogen-bond donors (Lipinski definition) is 2. The predicted octanol–water partition coefficient (Wildman–Crippen LogP) is 1.07. The average Bonchev–Trinajstić information content (AvgIpc) is 2.42. The molecule has 6 heteroatoms. The van der Waals surface area contributed by atoms with Crippen molar-refractivity contribution in [3.63, 3.8) is 0 Å². The van der Waals surface area contributed by atoms with Crippen molar-refractivity contribution >= 4 is 17.3 Å². The van der Waals surface area contributed by atoms with Gasteiger partial charge in [0.2, 0.25) is 5.91 Å². The summed E-state index contributed by atoms with van der Waals surface area (Å²) in [6, 6.07) is 3.92. The van der Waals surface area contributed by atoms with Gasteiger partial charge in [-0.15, -0.1) is 0 Å². The molecule has 5 nitrogen and oxygen atoms in total. The van der Waals surface area contributed by atoms with Crippen LogP contribution in [0, 0.1) is 5.82 Å². The highest BCUT2D eigenvalue weighted by Gasteiger charge is 2.12. The van der Waals surface area contributed by atoms with Crippen LogP contribution in [0.2, 0.25) is 0 Å². The lowest BCUT2D eigenvalue weighted by Gasteiger charge is -2.26. The van der Waals surface area contributed by atoms with Gasteiger partial charge in [-0.1, -0.05) is 0 Å². The molecule has 1 amide bonds. The minimum absolute atomic E-state index is 0.163. The van der Waals surface area contributed by atoms with Gasteiger partial charge in [-0.25, -0.2) is 4.39 Å². The van der Waals surface area contributed by atoms with Crippen LogP contribution in [0.5, 0.6) is 0 Å². The van der Waals surface area contributed by atoms with Crippen molar-refractivity contribution in [3.05, 3.63) is 24.0 Å². The first kappa shape index (κ1) is 13.8. The quantitative estimate of drug-likeness (QED) is 0.801. The van der Waals surface area contributed by atoms with Gasteiger partial charge >= 0.3 is 0 Å². The molecule has 0 bridgehead atoms. The molecule has 104 valence electrons. The number of benzene rings is 1. The van der Waals surface area contributed by atoms with Crippen LogP contribution in [0.25, 0.3) is 0 Å². The second-order valence-electron chi connectivity index (χ2n) is 4.48. The predicted molar refractivity (Wildman–Crippen MR) is 71.3 cm³/mol. The van der Waals surface area contributed by atoms with E-state index in [1.165, 1.54) is 18.2 Å². The van der Waals surface area contributed by atoms with Gasteiger partial charge in [-0.05, 0) is 18.2 Å². The average molecular weight is 267 g/mol. The van der Waals surface area contributed by atoms with Crippen molar-refractivity contribution in [2.24, 2.45) is 0 Å². The third-order valence-corrected chi connectivity index (χ3v) is 3.05. The van der Waals surface area contributed by atoms with Crippen LogP contribution in [0.3, 0.4) is 0 Å².